The summed E-state index contributed by atoms with van der Waals surface area (Å²) in [5.41, 5.74) is 6.53. The van der Waals surface area contributed by atoms with Gasteiger partial charge in [0.25, 0.3) is 0 Å². The van der Waals surface area contributed by atoms with E-state index in [9.17, 15) is 0 Å². The van der Waals surface area contributed by atoms with Crippen molar-refractivity contribution in [1.29, 1.82) is 0 Å². The minimum Gasteiger partial charge on any atom is -0.409 e. The second kappa shape index (κ2) is 5.30. The molecule has 0 unspecified atom stereocenters. The zero-order valence-corrected chi connectivity index (χ0v) is 11.4. The number of nitrogens with zero attached hydrogens (tertiary/aromatic N) is 3. The molecule has 1 aromatic carbocycles. The van der Waals surface area contributed by atoms with Crippen LogP contribution in [-0.4, -0.2) is 20.8 Å². The summed E-state index contributed by atoms with van der Waals surface area (Å²) in [4.78, 5) is 0. The topological polar surface area (TPSA) is 76.4 Å². The van der Waals surface area contributed by atoms with Crippen molar-refractivity contribution in [2.75, 3.05) is 0 Å². The van der Waals surface area contributed by atoms with Crippen LogP contribution >= 0.6 is 0 Å². The Morgan fingerprint density at radius 2 is 2.16 bits per heavy atom. The van der Waals surface area contributed by atoms with E-state index in [2.05, 4.69) is 22.4 Å². The molecule has 102 valence electrons. The molecule has 0 saturated carbocycles. The number of para-hydroxylation sites is 1. The van der Waals surface area contributed by atoms with E-state index < -0.39 is 0 Å². The van der Waals surface area contributed by atoms with Crippen LogP contribution in [0.5, 0.6) is 0 Å². The molecule has 3 N–H and O–H groups in total. The van der Waals surface area contributed by atoms with Crippen molar-refractivity contribution in [2.45, 2.75) is 33.2 Å². The third-order valence-electron chi connectivity index (χ3n) is 3.52. The number of hydrogen-bond acceptors (Lipinski definition) is 3. The molecular weight excluding hydrogens is 240 g/mol. The zero-order valence-electron chi connectivity index (χ0n) is 11.4. The molecule has 0 spiro atoms. The molecule has 0 saturated heterocycles. The van der Waals surface area contributed by atoms with Crippen LogP contribution in [0.3, 0.4) is 0 Å². The summed E-state index contributed by atoms with van der Waals surface area (Å²) in [6.07, 6.45) is 3.65. The minimum atomic E-state index is -0.294. The molecule has 0 amide bonds. The van der Waals surface area contributed by atoms with E-state index in [4.69, 9.17) is 10.9 Å². The van der Waals surface area contributed by atoms with Gasteiger partial charge in [-0.2, -0.15) is 5.10 Å². The molecule has 2 aromatic rings. The molecule has 0 bridgehead atoms. The summed E-state index contributed by atoms with van der Waals surface area (Å²) >= 11 is 0. The van der Waals surface area contributed by atoms with Gasteiger partial charge in [-0.1, -0.05) is 37.2 Å². The second-order valence-corrected chi connectivity index (χ2v) is 5.40. The molecule has 1 aromatic heterocycles. The van der Waals surface area contributed by atoms with Crippen LogP contribution < -0.4 is 5.73 Å². The molecule has 0 aliphatic carbocycles. The first kappa shape index (κ1) is 13.4. The van der Waals surface area contributed by atoms with Crippen molar-refractivity contribution in [3.8, 4) is 0 Å². The number of aromatic nitrogens is 2. The predicted molar refractivity (Wildman–Crippen MR) is 76.2 cm³/mol. The Morgan fingerprint density at radius 3 is 2.89 bits per heavy atom. The van der Waals surface area contributed by atoms with Gasteiger partial charge in [0.15, 0.2) is 0 Å². The van der Waals surface area contributed by atoms with Gasteiger partial charge in [-0.15, -0.1) is 0 Å². The number of amidine groups is 1. The minimum absolute atomic E-state index is 0.276. The van der Waals surface area contributed by atoms with Gasteiger partial charge >= 0.3 is 0 Å². The van der Waals surface area contributed by atoms with Crippen molar-refractivity contribution >= 4 is 16.7 Å². The van der Waals surface area contributed by atoms with Gasteiger partial charge < -0.3 is 10.9 Å². The van der Waals surface area contributed by atoms with Gasteiger partial charge in [0, 0.05) is 17.3 Å². The number of oxime groups is 1. The van der Waals surface area contributed by atoms with Gasteiger partial charge in [0.1, 0.15) is 5.84 Å². The second-order valence-electron chi connectivity index (χ2n) is 5.40. The van der Waals surface area contributed by atoms with Crippen LogP contribution in [0.1, 0.15) is 26.7 Å². The van der Waals surface area contributed by atoms with Crippen molar-refractivity contribution in [3.63, 3.8) is 0 Å². The fourth-order valence-corrected chi connectivity index (χ4v) is 2.14. The number of rotatable bonds is 5. The largest absolute Gasteiger partial charge is 0.409 e. The van der Waals surface area contributed by atoms with Crippen LogP contribution in [0.4, 0.5) is 0 Å². The Morgan fingerprint density at radius 1 is 1.42 bits per heavy atom. The van der Waals surface area contributed by atoms with Gasteiger partial charge in [0.05, 0.1) is 11.7 Å². The number of nitrogens with two attached hydrogens (primary N) is 1. The molecule has 5 heteroatoms. The first-order valence-electron chi connectivity index (χ1n) is 6.43. The summed E-state index contributed by atoms with van der Waals surface area (Å²) in [5.74, 6) is 0.276. The van der Waals surface area contributed by atoms with Gasteiger partial charge in [-0.3, -0.25) is 4.68 Å². The highest BCUT2D eigenvalue weighted by atomic mass is 16.4. The Hall–Kier alpha value is -2.04. The number of fused-ring (bicyclic) bond motifs is 1. The van der Waals surface area contributed by atoms with E-state index in [1.54, 1.807) is 0 Å². The fraction of sp³-hybridized carbons (Fsp3) is 0.429. The predicted octanol–water partition coefficient (Wildman–Crippen LogP) is 2.59. The maximum Gasteiger partial charge on any atom is 0.144 e. The highest BCUT2D eigenvalue weighted by molar-refractivity contribution is 5.85. The summed E-state index contributed by atoms with van der Waals surface area (Å²) in [7, 11) is 0. The Balaban J connectivity index is 2.00. The average molecular weight is 260 g/mol. The SMILES string of the molecule is CC(C)(CCCn1ncc2ccccc21)C(N)=NO. The van der Waals surface area contributed by atoms with Crippen LogP contribution in [-0.2, 0) is 6.54 Å². The summed E-state index contributed by atoms with van der Waals surface area (Å²) < 4.78 is 2.00. The van der Waals surface area contributed by atoms with E-state index in [1.807, 2.05) is 36.9 Å². The van der Waals surface area contributed by atoms with Crippen LogP contribution in [0.25, 0.3) is 10.9 Å². The lowest BCUT2D eigenvalue weighted by Crippen LogP contribution is -2.32. The molecule has 0 fully saturated rings. The Kier molecular flexibility index (Phi) is 3.74. The van der Waals surface area contributed by atoms with E-state index in [0.29, 0.717) is 0 Å². The van der Waals surface area contributed by atoms with E-state index >= 15 is 0 Å². The molecule has 0 aliphatic heterocycles. The lowest BCUT2D eigenvalue weighted by atomic mass is 9.86. The third-order valence-corrected chi connectivity index (χ3v) is 3.52. The highest BCUT2D eigenvalue weighted by Crippen LogP contribution is 2.23. The normalized spacial score (nSPS) is 13.1. The highest BCUT2D eigenvalue weighted by Gasteiger charge is 2.23. The van der Waals surface area contributed by atoms with Crippen LogP contribution in [0.15, 0.2) is 35.6 Å². The summed E-state index contributed by atoms with van der Waals surface area (Å²) in [5, 5.41) is 17.4. The number of aryl methyl sites for hydroxylation is 1. The first-order chi connectivity index (χ1) is 9.04. The van der Waals surface area contributed by atoms with Gasteiger partial charge in [-0.25, -0.2) is 0 Å². The fourth-order valence-electron chi connectivity index (χ4n) is 2.14. The average Bonchev–Trinajstić information content (AvgIpc) is 2.81. The Bertz CT molecular complexity index is 586. The Labute approximate surface area is 112 Å². The standard InChI is InChI=1S/C14H20N4O/c1-14(2,13(15)17-19)8-5-9-18-12-7-4-3-6-11(12)10-16-18/h3-4,6-7,10,19H,5,8-9H2,1-2H3,(H2,15,17). The summed E-state index contributed by atoms with van der Waals surface area (Å²) in [6.45, 7) is 4.78. The van der Waals surface area contributed by atoms with E-state index in [-0.39, 0.29) is 11.3 Å². The summed E-state index contributed by atoms with van der Waals surface area (Å²) in [6, 6.07) is 8.15. The van der Waals surface area contributed by atoms with Gasteiger partial charge in [-0.05, 0) is 18.9 Å². The molecule has 0 radical (unpaired) electrons. The van der Waals surface area contributed by atoms with Crippen molar-refractivity contribution in [1.82, 2.24) is 9.78 Å². The zero-order chi connectivity index (χ0) is 13.9. The molecular formula is C14H20N4O. The van der Waals surface area contributed by atoms with Gasteiger partial charge in [0.2, 0.25) is 0 Å². The smallest absolute Gasteiger partial charge is 0.144 e. The maximum absolute atomic E-state index is 8.74. The number of benzene rings is 1. The lowest BCUT2D eigenvalue weighted by molar-refractivity contribution is 0.303. The molecule has 1 heterocycles. The van der Waals surface area contributed by atoms with Crippen molar-refractivity contribution in [2.24, 2.45) is 16.3 Å². The van der Waals surface area contributed by atoms with E-state index in [0.717, 1.165) is 30.3 Å². The first-order valence-corrected chi connectivity index (χ1v) is 6.43. The lowest BCUT2D eigenvalue weighted by Gasteiger charge is -2.22. The monoisotopic (exact) mass is 260 g/mol. The molecule has 0 aliphatic rings. The maximum atomic E-state index is 8.74. The quantitative estimate of drug-likeness (QED) is 0.375. The van der Waals surface area contributed by atoms with E-state index in [1.165, 1.54) is 0 Å². The molecule has 0 atom stereocenters. The molecule has 19 heavy (non-hydrogen) atoms. The van der Waals surface area contributed by atoms with Crippen molar-refractivity contribution in [3.05, 3.63) is 30.5 Å². The van der Waals surface area contributed by atoms with Crippen molar-refractivity contribution < 1.29 is 5.21 Å². The number of hydrogen-bond donors (Lipinski definition) is 2. The molecule has 5 nitrogen and oxygen atoms in total. The van der Waals surface area contributed by atoms with Crippen LogP contribution in [0.2, 0.25) is 0 Å². The third kappa shape index (κ3) is 2.86. The molecule has 2 rings (SSSR count). The van der Waals surface area contributed by atoms with Crippen LogP contribution in [0, 0.1) is 5.41 Å².